The third kappa shape index (κ3) is 4.36. The summed E-state index contributed by atoms with van der Waals surface area (Å²) in [5.41, 5.74) is 9.12. The van der Waals surface area contributed by atoms with E-state index in [2.05, 4.69) is 55.8 Å². The molecule has 0 saturated carbocycles. The molecule has 176 valence electrons. The van der Waals surface area contributed by atoms with Crippen molar-refractivity contribution in [3.63, 3.8) is 0 Å². The number of anilines is 1. The number of allylic oxidation sites excluding steroid dienone is 1. The van der Waals surface area contributed by atoms with Gasteiger partial charge in [-0.05, 0) is 44.9 Å². The van der Waals surface area contributed by atoms with Gasteiger partial charge in [-0.2, -0.15) is 0 Å². The van der Waals surface area contributed by atoms with Crippen LogP contribution in [0.4, 0.5) is 5.82 Å². The van der Waals surface area contributed by atoms with Gasteiger partial charge in [0.1, 0.15) is 23.5 Å². The number of nitrogens with one attached hydrogen (secondary N) is 1. The molecule has 1 amide bonds. The van der Waals surface area contributed by atoms with Gasteiger partial charge in [-0.3, -0.25) is 4.79 Å². The highest BCUT2D eigenvalue weighted by atomic mass is 16.1. The number of fused-ring (bicyclic) bond motifs is 1. The van der Waals surface area contributed by atoms with E-state index in [0.29, 0.717) is 34.8 Å². The largest absolute Gasteiger partial charge is 0.383 e. The molecule has 1 saturated heterocycles. The highest BCUT2D eigenvalue weighted by molar-refractivity contribution is 6.11. The minimum absolute atomic E-state index is 0.109. The molecule has 2 aromatic heterocycles. The first kappa shape index (κ1) is 23.4. The Morgan fingerprint density at radius 2 is 2.09 bits per heavy atom. The number of nitrogens with zero attached hydrogens (tertiary/aromatic N) is 4. The highest BCUT2D eigenvalue weighted by Gasteiger charge is 2.34. The molecule has 1 aliphatic heterocycles. The molecule has 1 aliphatic rings. The molecule has 1 fully saturated rings. The molecule has 3 aromatic rings. The lowest BCUT2D eigenvalue weighted by atomic mass is 10.1. The van der Waals surface area contributed by atoms with Gasteiger partial charge in [-0.15, -0.1) is 0 Å². The van der Waals surface area contributed by atoms with Gasteiger partial charge in [0.05, 0.1) is 23.0 Å². The number of carbonyl (C=O) groups is 1. The van der Waals surface area contributed by atoms with Crippen LogP contribution in [0, 0.1) is 11.8 Å². The van der Waals surface area contributed by atoms with Crippen LogP contribution in [0.25, 0.3) is 11.0 Å². The van der Waals surface area contributed by atoms with E-state index in [0.717, 1.165) is 18.5 Å². The molecule has 34 heavy (non-hydrogen) atoms. The quantitative estimate of drug-likeness (QED) is 0.554. The van der Waals surface area contributed by atoms with E-state index in [1.165, 1.54) is 6.33 Å². The van der Waals surface area contributed by atoms with Crippen molar-refractivity contribution in [2.24, 2.45) is 0 Å². The molecule has 3 heterocycles. The van der Waals surface area contributed by atoms with Crippen LogP contribution in [0.5, 0.6) is 0 Å². The van der Waals surface area contributed by atoms with Crippen molar-refractivity contribution >= 4 is 22.8 Å². The topological polar surface area (TPSA) is 89.1 Å². The van der Waals surface area contributed by atoms with Crippen LogP contribution in [0.2, 0.25) is 0 Å². The second-order valence-corrected chi connectivity index (χ2v) is 8.73. The normalized spacial score (nSPS) is 18.8. The maximum atomic E-state index is 13.7. The predicted molar refractivity (Wildman–Crippen MR) is 136 cm³/mol. The Bertz CT molecular complexity index is 1270. The van der Waals surface area contributed by atoms with Crippen molar-refractivity contribution in [3.05, 3.63) is 65.8 Å². The van der Waals surface area contributed by atoms with Gasteiger partial charge in [0.15, 0.2) is 0 Å². The Kier molecular flexibility index (Phi) is 6.87. The van der Waals surface area contributed by atoms with Crippen LogP contribution in [0.1, 0.15) is 74.2 Å². The number of nitrogens with two attached hydrogens (primary N) is 1. The summed E-state index contributed by atoms with van der Waals surface area (Å²) < 4.78 is 2.11. The number of likely N-dealkylation sites (tertiary alicyclic amines) is 1. The lowest BCUT2D eigenvalue weighted by Gasteiger charge is -2.18. The SMILES string of the molecule is CC=CN1C[C@H](n2c(C#CCC)c(C(=O)N[C@H](C)c3ccccc3)c3c(N)ncnc32)C[C@@H]1C. The van der Waals surface area contributed by atoms with Crippen molar-refractivity contribution in [3.8, 4) is 11.8 Å². The van der Waals surface area contributed by atoms with Crippen LogP contribution in [-0.4, -0.2) is 37.9 Å². The zero-order valence-corrected chi connectivity index (χ0v) is 20.2. The monoisotopic (exact) mass is 456 g/mol. The molecule has 3 atom stereocenters. The second kappa shape index (κ2) is 10.0. The minimum Gasteiger partial charge on any atom is -0.383 e. The van der Waals surface area contributed by atoms with Gasteiger partial charge < -0.3 is 20.5 Å². The van der Waals surface area contributed by atoms with E-state index in [4.69, 9.17) is 5.73 Å². The smallest absolute Gasteiger partial charge is 0.255 e. The molecule has 1 aromatic carbocycles. The Morgan fingerprint density at radius 1 is 1.32 bits per heavy atom. The molecule has 7 heteroatoms. The van der Waals surface area contributed by atoms with E-state index in [9.17, 15) is 4.79 Å². The zero-order chi connectivity index (χ0) is 24.2. The summed E-state index contributed by atoms with van der Waals surface area (Å²) in [6.45, 7) is 9.00. The van der Waals surface area contributed by atoms with Gasteiger partial charge in [-0.1, -0.05) is 49.3 Å². The number of hydrogen-bond acceptors (Lipinski definition) is 5. The molecule has 3 N–H and O–H groups in total. The first-order valence-corrected chi connectivity index (χ1v) is 11.8. The number of benzene rings is 1. The molecule has 0 spiro atoms. The fourth-order valence-corrected chi connectivity index (χ4v) is 4.74. The zero-order valence-electron chi connectivity index (χ0n) is 20.2. The summed E-state index contributed by atoms with van der Waals surface area (Å²) in [5.74, 6) is 6.51. The van der Waals surface area contributed by atoms with E-state index < -0.39 is 0 Å². The molecule has 7 nitrogen and oxygen atoms in total. The molecule has 4 rings (SSSR count). The molecule has 0 bridgehead atoms. The van der Waals surface area contributed by atoms with Crippen LogP contribution >= 0.6 is 0 Å². The number of rotatable bonds is 5. The standard InChI is InChI=1S/C27H32N6O/c1-5-7-13-22-23(27(34)31-19(4)20-11-9-8-10-12-20)24-25(28)29-17-30-26(24)33(22)21-15-18(3)32(16-21)14-6-2/h6,8-12,14,17-19,21H,5,15-16H2,1-4H3,(H,31,34)(H2,28,29,30)/t18-,19+,21+/m0/s1. The molecule has 0 aliphatic carbocycles. The summed E-state index contributed by atoms with van der Waals surface area (Å²) in [5, 5.41) is 3.71. The number of carbonyl (C=O) groups excluding carboxylic acids is 1. The lowest BCUT2D eigenvalue weighted by Crippen LogP contribution is -2.27. The summed E-state index contributed by atoms with van der Waals surface area (Å²) in [6.07, 6.45) is 7.22. The van der Waals surface area contributed by atoms with Crippen LogP contribution in [0.15, 0.2) is 48.9 Å². The molecular formula is C27H32N6O. The fraction of sp³-hybridized carbons (Fsp3) is 0.370. The van der Waals surface area contributed by atoms with Crippen molar-refractivity contribution < 1.29 is 4.79 Å². The molecular weight excluding hydrogens is 424 g/mol. The Balaban J connectivity index is 1.85. The van der Waals surface area contributed by atoms with Crippen molar-refractivity contribution in [1.82, 2.24) is 24.8 Å². The van der Waals surface area contributed by atoms with Crippen molar-refractivity contribution in [2.75, 3.05) is 12.3 Å². The Hall–Kier alpha value is -3.79. The van der Waals surface area contributed by atoms with Crippen LogP contribution in [0.3, 0.4) is 0 Å². The Labute approximate surface area is 201 Å². The van der Waals surface area contributed by atoms with Gasteiger partial charge >= 0.3 is 0 Å². The predicted octanol–water partition coefficient (Wildman–Crippen LogP) is 4.43. The second-order valence-electron chi connectivity index (χ2n) is 8.73. The van der Waals surface area contributed by atoms with E-state index in [1.807, 2.05) is 51.1 Å². The summed E-state index contributed by atoms with van der Waals surface area (Å²) in [6, 6.07) is 10.2. The Morgan fingerprint density at radius 3 is 2.79 bits per heavy atom. The van der Waals surface area contributed by atoms with Gasteiger partial charge in [-0.25, -0.2) is 9.97 Å². The number of nitrogen functional groups attached to an aromatic ring is 1. The third-order valence-electron chi connectivity index (χ3n) is 6.38. The van der Waals surface area contributed by atoms with Crippen LogP contribution in [-0.2, 0) is 0 Å². The van der Waals surface area contributed by atoms with Gasteiger partial charge in [0.2, 0.25) is 0 Å². The fourth-order valence-electron chi connectivity index (χ4n) is 4.74. The third-order valence-corrected chi connectivity index (χ3v) is 6.38. The number of hydrogen-bond donors (Lipinski definition) is 2. The number of aromatic nitrogens is 3. The lowest BCUT2D eigenvalue weighted by molar-refractivity contribution is 0.0941. The van der Waals surface area contributed by atoms with Gasteiger partial charge in [0.25, 0.3) is 5.91 Å². The van der Waals surface area contributed by atoms with E-state index in [1.54, 1.807) is 0 Å². The van der Waals surface area contributed by atoms with E-state index in [-0.39, 0.29) is 23.8 Å². The van der Waals surface area contributed by atoms with Crippen LogP contribution < -0.4 is 11.1 Å². The van der Waals surface area contributed by atoms with E-state index >= 15 is 0 Å². The van der Waals surface area contributed by atoms with Crippen molar-refractivity contribution in [1.29, 1.82) is 0 Å². The average Bonchev–Trinajstić information content (AvgIpc) is 3.36. The molecule has 0 unspecified atom stereocenters. The van der Waals surface area contributed by atoms with Gasteiger partial charge in [0, 0.05) is 19.0 Å². The maximum absolute atomic E-state index is 13.7. The minimum atomic E-state index is -0.224. The summed E-state index contributed by atoms with van der Waals surface area (Å²) >= 11 is 0. The molecule has 0 radical (unpaired) electrons. The summed E-state index contributed by atoms with van der Waals surface area (Å²) in [7, 11) is 0. The number of amides is 1. The highest BCUT2D eigenvalue weighted by Crippen LogP contribution is 2.36. The maximum Gasteiger partial charge on any atom is 0.255 e. The first-order chi connectivity index (χ1) is 16.5. The van der Waals surface area contributed by atoms with Crippen molar-refractivity contribution in [2.45, 2.75) is 58.7 Å². The average molecular weight is 457 g/mol. The first-order valence-electron chi connectivity index (χ1n) is 11.8. The summed E-state index contributed by atoms with van der Waals surface area (Å²) in [4.78, 5) is 24.8.